The molecular formula is C13H17N3O2. The van der Waals surface area contributed by atoms with Crippen molar-refractivity contribution in [3.63, 3.8) is 0 Å². The van der Waals surface area contributed by atoms with Crippen LogP contribution in [0.3, 0.4) is 0 Å². The van der Waals surface area contributed by atoms with E-state index in [1.165, 1.54) is 0 Å². The number of fused-ring (bicyclic) bond motifs is 1. The number of hydrogen-bond acceptors (Lipinski definition) is 2. The summed E-state index contributed by atoms with van der Waals surface area (Å²) < 4.78 is 0. The Morgan fingerprint density at radius 3 is 2.78 bits per heavy atom. The molecule has 1 atom stereocenters. The fourth-order valence-corrected chi connectivity index (χ4v) is 1.94. The molecule has 0 aliphatic carbocycles. The number of aromatic nitrogens is 2. The quantitative estimate of drug-likeness (QED) is 0.774. The minimum Gasteiger partial charge on any atom is -0.326 e. The first-order chi connectivity index (χ1) is 8.60. The van der Waals surface area contributed by atoms with Gasteiger partial charge in [0.05, 0.1) is 11.0 Å². The molecule has 1 unspecified atom stereocenters. The zero-order valence-corrected chi connectivity index (χ0v) is 10.5. The van der Waals surface area contributed by atoms with Gasteiger partial charge >= 0.3 is 5.69 Å². The molecule has 1 aromatic heterocycles. The fourth-order valence-electron chi connectivity index (χ4n) is 1.94. The Bertz CT molecular complexity index is 612. The number of anilines is 1. The molecular weight excluding hydrogens is 230 g/mol. The van der Waals surface area contributed by atoms with Crippen LogP contribution in [0.1, 0.15) is 26.7 Å². The van der Waals surface area contributed by atoms with Crippen LogP contribution in [0.15, 0.2) is 23.0 Å². The van der Waals surface area contributed by atoms with E-state index in [0.29, 0.717) is 11.2 Å². The monoisotopic (exact) mass is 247 g/mol. The predicted octanol–water partition coefficient (Wildman–Crippen LogP) is 2.23. The molecule has 96 valence electrons. The maximum absolute atomic E-state index is 11.9. The number of H-pyrrole nitrogens is 2. The molecule has 2 aromatic rings. The standard InChI is InChI=1S/C13H17N3O2/c1-3-4-8(2)12(17)14-9-5-6-10-11(7-9)16-13(18)15-10/h5-8H,3-4H2,1-2H3,(H,14,17)(H2,15,16,18). The van der Waals surface area contributed by atoms with Crippen molar-refractivity contribution in [1.82, 2.24) is 9.97 Å². The lowest BCUT2D eigenvalue weighted by Gasteiger charge is -2.10. The lowest BCUT2D eigenvalue weighted by atomic mass is 10.1. The SMILES string of the molecule is CCCC(C)C(=O)Nc1ccc2[nH]c(=O)[nH]c2c1. The van der Waals surface area contributed by atoms with Crippen LogP contribution in [0.25, 0.3) is 11.0 Å². The van der Waals surface area contributed by atoms with Crippen molar-refractivity contribution in [3.8, 4) is 0 Å². The summed E-state index contributed by atoms with van der Waals surface area (Å²) in [5.41, 5.74) is 1.89. The van der Waals surface area contributed by atoms with E-state index in [2.05, 4.69) is 22.2 Å². The molecule has 5 heteroatoms. The van der Waals surface area contributed by atoms with Crippen LogP contribution in [0.2, 0.25) is 0 Å². The molecule has 2 rings (SSSR count). The molecule has 1 heterocycles. The summed E-state index contributed by atoms with van der Waals surface area (Å²) in [4.78, 5) is 28.3. The first kappa shape index (κ1) is 12.4. The molecule has 0 saturated heterocycles. The smallest absolute Gasteiger partial charge is 0.323 e. The average molecular weight is 247 g/mol. The minimum atomic E-state index is -0.243. The molecule has 3 N–H and O–H groups in total. The van der Waals surface area contributed by atoms with Crippen molar-refractivity contribution in [1.29, 1.82) is 0 Å². The van der Waals surface area contributed by atoms with Crippen LogP contribution in [-0.2, 0) is 4.79 Å². The third-order valence-corrected chi connectivity index (χ3v) is 2.95. The van der Waals surface area contributed by atoms with Gasteiger partial charge in [0.25, 0.3) is 0 Å². The molecule has 5 nitrogen and oxygen atoms in total. The maximum Gasteiger partial charge on any atom is 0.323 e. The number of aromatic amines is 2. The lowest BCUT2D eigenvalue weighted by Crippen LogP contribution is -2.20. The summed E-state index contributed by atoms with van der Waals surface area (Å²) >= 11 is 0. The van der Waals surface area contributed by atoms with Gasteiger partial charge in [-0.05, 0) is 24.6 Å². The Kier molecular flexibility index (Phi) is 3.50. The van der Waals surface area contributed by atoms with Gasteiger partial charge in [0.15, 0.2) is 0 Å². The van der Waals surface area contributed by atoms with E-state index in [1.807, 2.05) is 6.92 Å². The number of nitrogens with one attached hydrogen (secondary N) is 3. The van der Waals surface area contributed by atoms with E-state index in [9.17, 15) is 9.59 Å². The fraction of sp³-hybridized carbons (Fsp3) is 0.385. The number of rotatable bonds is 4. The van der Waals surface area contributed by atoms with Crippen molar-refractivity contribution < 1.29 is 4.79 Å². The second-order valence-electron chi connectivity index (χ2n) is 4.52. The van der Waals surface area contributed by atoms with Crippen LogP contribution in [0.5, 0.6) is 0 Å². The van der Waals surface area contributed by atoms with Gasteiger partial charge in [-0.15, -0.1) is 0 Å². The summed E-state index contributed by atoms with van der Waals surface area (Å²) in [6.45, 7) is 3.97. The van der Waals surface area contributed by atoms with Gasteiger partial charge in [-0.25, -0.2) is 4.79 Å². The summed E-state index contributed by atoms with van der Waals surface area (Å²) in [6, 6.07) is 5.31. The molecule has 0 fully saturated rings. The Labute approximate surface area is 105 Å². The highest BCUT2D eigenvalue weighted by atomic mass is 16.2. The molecule has 1 amide bonds. The first-order valence-electron chi connectivity index (χ1n) is 6.13. The van der Waals surface area contributed by atoms with Crippen LogP contribution in [-0.4, -0.2) is 15.9 Å². The number of amides is 1. The van der Waals surface area contributed by atoms with Crippen LogP contribution >= 0.6 is 0 Å². The van der Waals surface area contributed by atoms with Gasteiger partial charge in [-0.2, -0.15) is 0 Å². The van der Waals surface area contributed by atoms with Crippen LogP contribution in [0, 0.1) is 5.92 Å². The highest BCUT2D eigenvalue weighted by Gasteiger charge is 2.12. The van der Waals surface area contributed by atoms with Gasteiger partial charge < -0.3 is 15.3 Å². The van der Waals surface area contributed by atoms with Gasteiger partial charge in [-0.3, -0.25) is 4.79 Å². The molecule has 0 spiro atoms. The number of carbonyl (C=O) groups excluding carboxylic acids is 1. The van der Waals surface area contributed by atoms with E-state index >= 15 is 0 Å². The third kappa shape index (κ3) is 2.61. The van der Waals surface area contributed by atoms with Crippen molar-refractivity contribution in [3.05, 3.63) is 28.7 Å². The minimum absolute atomic E-state index is 0.00373. The molecule has 0 radical (unpaired) electrons. The highest BCUT2D eigenvalue weighted by Crippen LogP contribution is 2.16. The van der Waals surface area contributed by atoms with Crippen molar-refractivity contribution in [2.45, 2.75) is 26.7 Å². The molecule has 0 saturated carbocycles. The normalized spacial score (nSPS) is 12.6. The Balaban J connectivity index is 2.16. The summed E-state index contributed by atoms with van der Waals surface area (Å²) in [7, 11) is 0. The largest absolute Gasteiger partial charge is 0.326 e. The first-order valence-corrected chi connectivity index (χ1v) is 6.13. The Morgan fingerprint density at radius 1 is 1.33 bits per heavy atom. The summed E-state index contributed by atoms with van der Waals surface area (Å²) in [6.07, 6.45) is 1.85. The highest BCUT2D eigenvalue weighted by molar-refractivity contribution is 5.94. The van der Waals surface area contributed by atoms with Crippen molar-refractivity contribution in [2.24, 2.45) is 5.92 Å². The average Bonchev–Trinajstić information content (AvgIpc) is 2.68. The second-order valence-corrected chi connectivity index (χ2v) is 4.52. The van der Waals surface area contributed by atoms with Crippen molar-refractivity contribution in [2.75, 3.05) is 5.32 Å². The van der Waals surface area contributed by atoms with E-state index < -0.39 is 0 Å². The van der Waals surface area contributed by atoms with Crippen LogP contribution < -0.4 is 11.0 Å². The predicted molar refractivity (Wildman–Crippen MR) is 71.6 cm³/mol. The lowest BCUT2D eigenvalue weighted by molar-refractivity contribution is -0.119. The number of carbonyl (C=O) groups is 1. The van der Waals surface area contributed by atoms with Gasteiger partial charge in [0.2, 0.25) is 5.91 Å². The number of imidazole rings is 1. The summed E-state index contributed by atoms with van der Waals surface area (Å²) in [5, 5.41) is 2.85. The zero-order chi connectivity index (χ0) is 13.1. The van der Waals surface area contributed by atoms with Crippen molar-refractivity contribution >= 4 is 22.6 Å². The van der Waals surface area contributed by atoms with E-state index in [-0.39, 0.29) is 17.5 Å². The van der Waals surface area contributed by atoms with Gasteiger partial charge in [0, 0.05) is 11.6 Å². The molecule has 18 heavy (non-hydrogen) atoms. The molecule has 0 aliphatic heterocycles. The topological polar surface area (TPSA) is 77.8 Å². The Hall–Kier alpha value is -2.04. The second kappa shape index (κ2) is 5.08. The number of hydrogen-bond donors (Lipinski definition) is 3. The number of benzene rings is 1. The third-order valence-electron chi connectivity index (χ3n) is 2.95. The van der Waals surface area contributed by atoms with E-state index in [0.717, 1.165) is 18.4 Å². The molecule has 0 aliphatic rings. The van der Waals surface area contributed by atoms with Gasteiger partial charge in [0.1, 0.15) is 0 Å². The van der Waals surface area contributed by atoms with Crippen LogP contribution in [0.4, 0.5) is 5.69 Å². The zero-order valence-electron chi connectivity index (χ0n) is 10.5. The molecule has 0 bridgehead atoms. The Morgan fingerprint density at radius 2 is 2.06 bits per heavy atom. The van der Waals surface area contributed by atoms with Gasteiger partial charge in [-0.1, -0.05) is 20.3 Å². The molecule has 1 aromatic carbocycles. The van der Waals surface area contributed by atoms with E-state index in [1.54, 1.807) is 18.2 Å². The summed E-state index contributed by atoms with van der Waals surface area (Å²) in [5.74, 6) is 0.00468. The van der Waals surface area contributed by atoms with E-state index in [4.69, 9.17) is 0 Å². The maximum atomic E-state index is 11.9.